The fraction of sp³-hybridized carbons (Fsp3) is 1.00. The van der Waals surface area contributed by atoms with Crippen LogP contribution in [0.2, 0.25) is 0 Å². The first-order chi connectivity index (χ1) is 4.47. The Morgan fingerprint density at radius 2 is 1.89 bits per heavy atom. The van der Waals surface area contributed by atoms with E-state index in [1.54, 1.807) is 6.42 Å². The van der Waals surface area contributed by atoms with Gasteiger partial charge in [-0.1, -0.05) is 6.42 Å². The Kier molecular flexibility index (Phi) is 0.704. The van der Waals surface area contributed by atoms with Crippen LogP contribution in [0.25, 0.3) is 0 Å². The summed E-state index contributed by atoms with van der Waals surface area (Å²) in [5.41, 5.74) is 0. The van der Waals surface area contributed by atoms with Gasteiger partial charge in [-0.25, -0.2) is 0 Å². The Hall–Kier alpha value is -0.0400. The van der Waals surface area contributed by atoms with Crippen LogP contribution in [0.3, 0.4) is 0 Å². The number of hydrogen-bond acceptors (Lipinski definition) is 1. The van der Waals surface area contributed by atoms with E-state index in [1.165, 1.54) is 19.4 Å². The van der Waals surface area contributed by atoms with E-state index in [2.05, 4.69) is 5.32 Å². The van der Waals surface area contributed by atoms with E-state index in [-0.39, 0.29) is 0 Å². The number of rotatable bonds is 0. The molecule has 1 aliphatic heterocycles. The monoisotopic (exact) mass is 123 g/mol. The van der Waals surface area contributed by atoms with Gasteiger partial charge in [-0.3, -0.25) is 0 Å². The molecule has 50 valence electrons. The minimum atomic E-state index is 0.984. The molecule has 3 fully saturated rings. The first kappa shape index (κ1) is 4.73. The van der Waals surface area contributed by atoms with Crippen molar-refractivity contribution in [3.8, 4) is 0 Å². The van der Waals surface area contributed by atoms with Crippen LogP contribution in [0.1, 0.15) is 19.3 Å². The van der Waals surface area contributed by atoms with E-state index in [9.17, 15) is 0 Å². The van der Waals surface area contributed by atoms with Gasteiger partial charge in [0, 0.05) is 12.6 Å². The first-order valence-corrected chi connectivity index (χ1v) is 4.20. The van der Waals surface area contributed by atoms with Gasteiger partial charge < -0.3 is 5.32 Å². The van der Waals surface area contributed by atoms with E-state index in [4.69, 9.17) is 0 Å². The Bertz CT molecular complexity index is 128. The van der Waals surface area contributed by atoms with Gasteiger partial charge in [0.2, 0.25) is 0 Å². The molecule has 0 amide bonds. The van der Waals surface area contributed by atoms with Gasteiger partial charge in [0.25, 0.3) is 0 Å². The topological polar surface area (TPSA) is 12.0 Å². The van der Waals surface area contributed by atoms with E-state index >= 15 is 0 Å². The normalized spacial score (nSPS) is 61.3. The Morgan fingerprint density at radius 1 is 1.00 bits per heavy atom. The molecule has 0 radical (unpaired) electrons. The van der Waals surface area contributed by atoms with Crippen LogP contribution < -0.4 is 5.32 Å². The standard InChI is InChI=1S/C8H13N/c1-2-5-6(3-1)8-7(5)4-9-8/h5-9H,1-4H2. The minimum absolute atomic E-state index is 0.984. The van der Waals surface area contributed by atoms with Crippen LogP contribution in [-0.4, -0.2) is 12.6 Å². The molecule has 4 unspecified atom stereocenters. The highest BCUT2D eigenvalue weighted by atomic mass is 15.1. The van der Waals surface area contributed by atoms with E-state index < -0.39 is 0 Å². The lowest BCUT2D eigenvalue weighted by Gasteiger charge is -2.57. The second kappa shape index (κ2) is 1.34. The second-order valence-corrected chi connectivity index (χ2v) is 3.86. The predicted octanol–water partition coefficient (Wildman–Crippen LogP) is 1.00. The molecule has 0 aromatic heterocycles. The smallest absolute Gasteiger partial charge is 0.0141 e. The van der Waals surface area contributed by atoms with Crippen molar-refractivity contribution in [1.29, 1.82) is 0 Å². The Balaban J connectivity index is 1.85. The van der Waals surface area contributed by atoms with E-state index in [0.717, 1.165) is 23.8 Å². The third-order valence-electron chi connectivity index (χ3n) is 3.69. The van der Waals surface area contributed by atoms with Crippen molar-refractivity contribution >= 4 is 0 Å². The molecule has 0 aromatic rings. The highest BCUT2D eigenvalue weighted by Gasteiger charge is 2.56. The van der Waals surface area contributed by atoms with Gasteiger partial charge >= 0.3 is 0 Å². The lowest BCUT2D eigenvalue weighted by atomic mass is 9.58. The third-order valence-corrected chi connectivity index (χ3v) is 3.69. The molecule has 1 heteroatoms. The average molecular weight is 123 g/mol. The van der Waals surface area contributed by atoms with Crippen LogP contribution in [0, 0.1) is 17.8 Å². The number of nitrogens with one attached hydrogen (secondary N) is 1. The zero-order valence-corrected chi connectivity index (χ0v) is 5.64. The number of fused-ring (bicyclic) bond motifs is 4. The highest BCUT2D eigenvalue weighted by molar-refractivity contribution is 5.10. The first-order valence-electron chi connectivity index (χ1n) is 4.20. The van der Waals surface area contributed by atoms with Gasteiger partial charge in [0.1, 0.15) is 0 Å². The molecule has 2 saturated carbocycles. The summed E-state index contributed by atoms with van der Waals surface area (Å²) in [5, 5.41) is 3.52. The summed E-state index contributed by atoms with van der Waals surface area (Å²) in [7, 11) is 0. The quantitative estimate of drug-likeness (QED) is 0.507. The van der Waals surface area contributed by atoms with Crippen molar-refractivity contribution in [3.63, 3.8) is 0 Å². The van der Waals surface area contributed by atoms with Crippen LogP contribution in [0.15, 0.2) is 0 Å². The summed E-state index contributed by atoms with van der Waals surface area (Å²) in [6.07, 6.45) is 4.59. The maximum atomic E-state index is 3.52. The molecule has 1 heterocycles. The van der Waals surface area contributed by atoms with Crippen LogP contribution in [0.5, 0.6) is 0 Å². The minimum Gasteiger partial charge on any atom is -0.313 e. The zero-order chi connectivity index (χ0) is 5.84. The lowest BCUT2D eigenvalue weighted by Crippen LogP contribution is -2.69. The summed E-state index contributed by atoms with van der Waals surface area (Å²) < 4.78 is 0. The van der Waals surface area contributed by atoms with Gasteiger partial charge in [0.05, 0.1) is 0 Å². The molecular formula is C8H13N. The van der Waals surface area contributed by atoms with Gasteiger partial charge in [-0.15, -0.1) is 0 Å². The largest absolute Gasteiger partial charge is 0.313 e. The Labute approximate surface area is 55.8 Å². The van der Waals surface area contributed by atoms with Crippen molar-refractivity contribution in [2.45, 2.75) is 25.3 Å². The summed E-state index contributed by atoms with van der Waals surface area (Å²) in [5.74, 6) is 3.40. The fourth-order valence-corrected chi connectivity index (χ4v) is 3.13. The molecule has 3 rings (SSSR count). The third kappa shape index (κ3) is 0.389. The van der Waals surface area contributed by atoms with E-state index in [1.807, 2.05) is 0 Å². The molecule has 1 nitrogen and oxygen atoms in total. The Morgan fingerprint density at radius 3 is 2.56 bits per heavy atom. The van der Waals surface area contributed by atoms with Crippen molar-refractivity contribution in [2.75, 3.05) is 6.54 Å². The molecule has 0 spiro atoms. The maximum absolute atomic E-state index is 3.52. The summed E-state index contributed by atoms with van der Waals surface area (Å²) >= 11 is 0. The fourth-order valence-electron chi connectivity index (χ4n) is 3.13. The molecule has 0 bridgehead atoms. The van der Waals surface area contributed by atoms with Crippen molar-refractivity contribution < 1.29 is 0 Å². The molecule has 2 aliphatic carbocycles. The molecule has 4 atom stereocenters. The second-order valence-electron chi connectivity index (χ2n) is 3.86. The summed E-state index contributed by atoms with van der Waals surface area (Å²) in [6.45, 7) is 1.34. The van der Waals surface area contributed by atoms with Crippen LogP contribution >= 0.6 is 0 Å². The van der Waals surface area contributed by atoms with Crippen LogP contribution in [-0.2, 0) is 0 Å². The van der Waals surface area contributed by atoms with Gasteiger partial charge in [-0.05, 0) is 30.6 Å². The van der Waals surface area contributed by atoms with E-state index in [0.29, 0.717) is 0 Å². The predicted molar refractivity (Wildman–Crippen MR) is 36.1 cm³/mol. The highest BCUT2D eigenvalue weighted by Crippen LogP contribution is 2.54. The van der Waals surface area contributed by atoms with Crippen molar-refractivity contribution in [3.05, 3.63) is 0 Å². The molecule has 3 aliphatic rings. The lowest BCUT2D eigenvalue weighted by molar-refractivity contribution is -0.0316. The SMILES string of the molecule is C1CC2C(C1)C1NCC21. The van der Waals surface area contributed by atoms with Gasteiger partial charge in [0.15, 0.2) is 0 Å². The van der Waals surface area contributed by atoms with Crippen LogP contribution in [0.4, 0.5) is 0 Å². The molecule has 0 aromatic carbocycles. The molecule has 1 saturated heterocycles. The zero-order valence-electron chi connectivity index (χ0n) is 5.64. The van der Waals surface area contributed by atoms with Crippen molar-refractivity contribution in [2.24, 2.45) is 17.8 Å². The molecule has 1 N–H and O–H groups in total. The molecular weight excluding hydrogens is 110 g/mol. The van der Waals surface area contributed by atoms with Crippen molar-refractivity contribution in [1.82, 2.24) is 5.32 Å². The maximum Gasteiger partial charge on any atom is 0.0141 e. The summed E-state index contributed by atoms with van der Waals surface area (Å²) in [6, 6.07) is 0.984. The summed E-state index contributed by atoms with van der Waals surface area (Å²) in [4.78, 5) is 0. The van der Waals surface area contributed by atoms with Gasteiger partial charge in [-0.2, -0.15) is 0 Å². The number of hydrogen-bond donors (Lipinski definition) is 1. The number of piperidine rings is 1. The molecule has 9 heavy (non-hydrogen) atoms. The average Bonchev–Trinajstić information content (AvgIpc) is 2.13.